The van der Waals surface area contributed by atoms with Crippen LogP contribution in [0.15, 0.2) is 0 Å². The van der Waals surface area contributed by atoms with Crippen LogP contribution in [0.3, 0.4) is 0 Å². The van der Waals surface area contributed by atoms with Crippen LogP contribution in [0.1, 0.15) is 13.8 Å². The largest absolute Gasteiger partial charge is 0.380 e. The van der Waals surface area contributed by atoms with Crippen LogP contribution < -0.4 is 5.73 Å². The molecule has 1 atom stereocenters. The molecule has 0 amide bonds. The van der Waals surface area contributed by atoms with Crippen molar-refractivity contribution in [1.82, 2.24) is 4.90 Å². The van der Waals surface area contributed by atoms with E-state index in [2.05, 4.69) is 18.7 Å². The molecule has 1 heterocycles. The average molecular weight is 216 g/mol. The van der Waals surface area contributed by atoms with Gasteiger partial charge in [0.25, 0.3) is 0 Å². The summed E-state index contributed by atoms with van der Waals surface area (Å²) in [6.45, 7) is 10.2. The van der Waals surface area contributed by atoms with Gasteiger partial charge in [0.15, 0.2) is 0 Å². The molecule has 4 heteroatoms. The number of nitrogens with two attached hydrogens (primary N) is 1. The third-order valence-electron chi connectivity index (χ3n) is 2.60. The first-order valence-corrected chi connectivity index (χ1v) is 5.83. The van der Waals surface area contributed by atoms with Gasteiger partial charge in [-0.15, -0.1) is 0 Å². The van der Waals surface area contributed by atoms with E-state index in [0.29, 0.717) is 18.5 Å². The Hall–Kier alpha value is -0.160. The molecule has 15 heavy (non-hydrogen) atoms. The minimum Gasteiger partial charge on any atom is -0.380 e. The standard InChI is InChI=1S/C11H24N2O2/c1-10(2)8-14-5-3-13-4-6-15-9-11(13)7-12/h10-11H,3-9,12H2,1-2H3. The molecule has 0 aromatic rings. The van der Waals surface area contributed by atoms with Crippen molar-refractivity contribution in [3.8, 4) is 0 Å². The van der Waals surface area contributed by atoms with E-state index < -0.39 is 0 Å². The highest BCUT2D eigenvalue weighted by molar-refractivity contribution is 4.75. The molecule has 0 aliphatic carbocycles. The van der Waals surface area contributed by atoms with Crippen LogP contribution in [0.5, 0.6) is 0 Å². The van der Waals surface area contributed by atoms with Gasteiger partial charge in [-0.2, -0.15) is 0 Å². The van der Waals surface area contributed by atoms with Crippen molar-refractivity contribution in [2.45, 2.75) is 19.9 Å². The molecule has 0 spiro atoms. The van der Waals surface area contributed by atoms with Crippen LogP contribution in [0.4, 0.5) is 0 Å². The lowest BCUT2D eigenvalue weighted by molar-refractivity contribution is -0.0187. The fourth-order valence-corrected chi connectivity index (χ4v) is 1.70. The molecule has 4 nitrogen and oxygen atoms in total. The van der Waals surface area contributed by atoms with Gasteiger partial charge in [-0.05, 0) is 5.92 Å². The van der Waals surface area contributed by atoms with Crippen molar-refractivity contribution >= 4 is 0 Å². The fourth-order valence-electron chi connectivity index (χ4n) is 1.70. The molecule has 1 saturated heterocycles. The van der Waals surface area contributed by atoms with Gasteiger partial charge < -0.3 is 15.2 Å². The minimum atomic E-state index is 0.376. The third kappa shape index (κ3) is 4.93. The highest BCUT2D eigenvalue weighted by Crippen LogP contribution is 2.05. The molecular weight excluding hydrogens is 192 g/mol. The zero-order valence-corrected chi connectivity index (χ0v) is 9.95. The second-order valence-corrected chi connectivity index (χ2v) is 4.47. The molecule has 0 bridgehead atoms. The summed E-state index contributed by atoms with van der Waals surface area (Å²) in [7, 11) is 0. The zero-order valence-electron chi connectivity index (χ0n) is 9.95. The van der Waals surface area contributed by atoms with Gasteiger partial charge in [-0.25, -0.2) is 0 Å². The second-order valence-electron chi connectivity index (χ2n) is 4.47. The van der Waals surface area contributed by atoms with E-state index in [4.69, 9.17) is 15.2 Å². The summed E-state index contributed by atoms with van der Waals surface area (Å²) in [5.41, 5.74) is 5.68. The third-order valence-corrected chi connectivity index (χ3v) is 2.60. The van der Waals surface area contributed by atoms with E-state index in [1.165, 1.54) is 0 Å². The molecule has 90 valence electrons. The predicted molar refractivity (Wildman–Crippen MR) is 60.9 cm³/mol. The van der Waals surface area contributed by atoms with Gasteiger partial charge in [0.1, 0.15) is 0 Å². The van der Waals surface area contributed by atoms with Crippen molar-refractivity contribution in [3.05, 3.63) is 0 Å². The van der Waals surface area contributed by atoms with Crippen LogP contribution >= 0.6 is 0 Å². The van der Waals surface area contributed by atoms with Gasteiger partial charge in [-0.1, -0.05) is 13.8 Å². The highest BCUT2D eigenvalue weighted by atomic mass is 16.5. The molecular formula is C11H24N2O2. The quantitative estimate of drug-likeness (QED) is 0.650. The van der Waals surface area contributed by atoms with Gasteiger partial charge in [0.2, 0.25) is 0 Å². The lowest BCUT2D eigenvalue weighted by Crippen LogP contribution is -2.50. The van der Waals surface area contributed by atoms with Gasteiger partial charge in [-0.3, -0.25) is 4.90 Å². The minimum absolute atomic E-state index is 0.376. The lowest BCUT2D eigenvalue weighted by Gasteiger charge is -2.34. The molecule has 1 aliphatic rings. The Kier molecular flexibility index (Phi) is 6.17. The smallest absolute Gasteiger partial charge is 0.0634 e. The van der Waals surface area contributed by atoms with Crippen molar-refractivity contribution in [1.29, 1.82) is 0 Å². The molecule has 0 aromatic carbocycles. The van der Waals surface area contributed by atoms with E-state index in [1.807, 2.05) is 0 Å². The highest BCUT2D eigenvalue weighted by Gasteiger charge is 2.20. The summed E-state index contributed by atoms with van der Waals surface area (Å²) < 4.78 is 11.0. The first-order chi connectivity index (χ1) is 7.24. The topological polar surface area (TPSA) is 47.7 Å². The van der Waals surface area contributed by atoms with Crippen molar-refractivity contribution in [2.24, 2.45) is 11.7 Å². The van der Waals surface area contributed by atoms with Gasteiger partial charge in [0.05, 0.1) is 19.8 Å². The summed E-state index contributed by atoms with van der Waals surface area (Å²) in [6, 6.07) is 0.376. The van der Waals surface area contributed by atoms with Crippen molar-refractivity contribution < 1.29 is 9.47 Å². The summed E-state index contributed by atoms with van der Waals surface area (Å²) >= 11 is 0. The number of ether oxygens (including phenoxy) is 2. The van der Waals surface area contributed by atoms with Crippen LogP contribution in [-0.2, 0) is 9.47 Å². The summed E-state index contributed by atoms with van der Waals surface area (Å²) in [6.07, 6.45) is 0. The first kappa shape index (κ1) is 12.9. The Labute approximate surface area is 92.7 Å². The number of nitrogens with zero attached hydrogens (tertiary/aromatic N) is 1. The maximum absolute atomic E-state index is 5.68. The fraction of sp³-hybridized carbons (Fsp3) is 1.00. The van der Waals surface area contributed by atoms with Gasteiger partial charge >= 0.3 is 0 Å². The monoisotopic (exact) mass is 216 g/mol. The summed E-state index contributed by atoms with van der Waals surface area (Å²) in [5.74, 6) is 0.611. The van der Waals surface area contributed by atoms with Crippen molar-refractivity contribution in [2.75, 3.05) is 46.1 Å². The van der Waals surface area contributed by atoms with E-state index in [-0.39, 0.29) is 0 Å². The molecule has 1 fully saturated rings. The van der Waals surface area contributed by atoms with E-state index in [1.54, 1.807) is 0 Å². The Balaban J connectivity index is 2.12. The maximum atomic E-state index is 5.68. The van der Waals surface area contributed by atoms with Crippen LogP contribution in [-0.4, -0.2) is 57.0 Å². The van der Waals surface area contributed by atoms with E-state index in [0.717, 1.165) is 39.5 Å². The van der Waals surface area contributed by atoms with Gasteiger partial charge in [0, 0.05) is 32.3 Å². The molecule has 1 aliphatic heterocycles. The zero-order chi connectivity index (χ0) is 11.1. The Bertz CT molecular complexity index is 165. The lowest BCUT2D eigenvalue weighted by atomic mass is 10.2. The van der Waals surface area contributed by atoms with Crippen LogP contribution in [0.2, 0.25) is 0 Å². The average Bonchev–Trinajstić information content (AvgIpc) is 2.24. The van der Waals surface area contributed by atoms with Crippen LogP contribution in [0.25, 0.3) is 0 Å². The summed E-state index contributed by atoms with van der Waals surface area (Å²) in [4.78, 5) is 2.36. The normalized spacial score (nSPS) is 23.6. The van der Waals surface area contributed by atoms with Crippen LogP contribution in [0, 0.1) is 5.92 Å². The number of hydrogen-bond donors (Lipinski definition) is 1. The Morgan fingerprint density at radius 2 is 2.33 bits per heavy atom. The number of morpholine rings is 1. The molecule has 1 rings (SSSR count). The number of rotatable bonds is 6. The van der Waals surface area contributed by atoms with E-state index in [9.17, 15) is 0 Å². The molecule has 0 saturated carbocycles. The predicted octanol–water partition coefficient (Wildman–Crippen LogP) is 0.319. The van der Waals surface area contributed by atoms with Crippen molar-refractivity contribution in [3.63, 3.8) is 0 Å². The molecule has 1 unspecified atom stereocenters. The molecule has 0 radical (unpaired) electrons. The van der Waals surface area contributed by atoms with E-state index >= 15 is 0 Å². The Morgan fingerprint density at radius 3 is 3.00 bits per heavy atom. The molecule has 2 N–H and O–H groups in total. The first-order valence-electron chi connectivity index (χ1n) is 5.83. The summed E-state index contributed by atoms with van der Waals surface area (Å²) in [5, 5.41) is 0. The Morgan fingerprint density at radius 1 is 1.53 bits per heavy atom. The SMILES string of the molecule is CC(C)COCCN1CCOCC1CN. The second kappa shape index (κ2) is 7.17. The maximum Gasteiger partial charge on any atom is 0.0634 e. The molecule has 0 aromatic heterocycles. The number of hydrogen-bond acceptors (Lipinski definition) is 4.